The Hall–Kier alpha value is -0.260. The van der Waals surface area contributed by atoms with Crippen LogP contribution in [0.1, 0.15) is 133 Å². The van der Waals surface area contributed by atoms with Gasteiger partial charge in [-0.05, 0) is 62.2 Å². The average Bonchev–Trinajstić information content (AvgIpc) is 2.68. The van der Waals surface area contributed by atoms with Gasteiger partial charge in [0.15, 0.2) is 0 Å². The lowest BCUT2D eigenvalue weighted by atomic mass is 9.78. The van der Waals surface area contributed by atoms with Gasteiger partial charge in [0.1, 0.15) is 0 Å². The third-order valence-corrected chi connectivity index (χ3v) is 6.41. The molecule has 1 fully saturated rings. The van der Waals surface area contributed by atoms with Gasteiger partial charge in [0, 0.05) is 0 Å². The van der Waals surface area contributed by atoms with Crippen molar-refractivity contribution in [1.82, 2.24) is 0 Å². The molecule has 0 bridgehead atoms. The SMILES string of the molecule is C/C=C1\CCC(C)CCCC(C(C)C)C(C)CCCCC(C)C1.CC.CC. The van der Waals surface area contributed by atoms with Crippen molar-refractivity contribution in [2.75, 3.05) is 0 Å². The summed E-state index contributed by atoms with van der Waals surface area (Å²) in [5.74, 6) is 4.48. The Morgan fingerprint density at radius 1 is 0.741 bits per heavy atom. The van der Waals surface area contributed by atoms with E-state index >= 15 is 0 Å². The van der Waals surface area contributed by atoms with Crippen LogP contribution < -0.4 is 0 Å². The van der Waals surface area contributed by atoms with E-state index in [1.807, 2.05) is 27.7 Å². The average molecular weight is 381 g/mol. The van der Waals surface area contributed by atoms with Crippen molar-refractivity contribution in [3.8, 4) is 0 Å². The lowest BCUT2D eigenvalue weighted by Crippen LogP contribution is -2.18. The molecule has 4 unspecified atom stereocenters. The van der Waals surface area contributed by atoms with E-state index in [0.29, 0.717) is 0 Å². The second kappa shape index (κ2) is 19.1. The van der Waals surface area contributed by atoms with E-state index < -0.39 is 0 Å². The number of hydrogen-bond acceptors (Lipinski definition) is 0. The topological polar surface area (TPSA) is 0 Å². The largest absolute Gasteiger partial charge is 0.0884 e. The van der Waals surface area contributed by atoms with Crippen LogP contribution in [0.2, 0.25) is 0 Å². The molecule has 27 heavy (non-hydrogen) atoms. The summed E-state index contributed by atoms with van der Waals surface area (Å²) in [5, 5.41) is 0. The van der Waals surface area contributed by atoms with Gasteiger partial charge in [-0.3, -0.25) is 0 Å². The third-order valence-electron chi connectivity index (χ3n) is 6.41. The molecular weight excluding hydrogens is 324 g/mol. The minimum absolute atomic E-state index is 0.851. The quantitative estimate of drug-likeness (QED) is 0.397. The highest BCUT2D eigenvalue weighted by Crippen LogP contribution is 2.32. The summed E-state index contributed by atoms with van der Waals surface area (Å²) in [6, 6.07) is 0. The first-order valence-corrected chi connectivity index (χ1v) is 12.6. The van der Waals surface area contributed by atoms with Gasteiger partial charge >= 0.3 is 0 Å². The van der Waals surface area contributed by atoms with E-state index in [0.717, 1.165) is 29.6 Å². The van der Waals surface area contributed by atoms with E-state index in [1.165, 1.54) is 64.2 Å². The summed E-state index contributed by atoms with van der Waals surface area (Å²) in [6.07, 6.45) is 16.5. The van der Waals surface area contributed by atoms with E-state index in [9.17, 15) is 0 Å². The Labute approximate surface area is 175 Å². The smallest absolute Gasteiger partial charge is 0.0295 e. The third kappa shape index (κ3) is 14.4. The van der Waals surface area contributed by atoms with Gasteiger partial charge in [0.25, 0.3) is 0 Å². The minimum Gasteiger partial charge on any atom is -0.0884 e. The van der Waals surface area contributed by atoms with Crippen LogP contribution in [0.15, 0.2) is 11.6 Å². The summed E-state index contributed by atoms with van der Waals surface area (Å²) in [4.78, 5) is 0. The summed E-state index contributed by atoms with van der Waals surface area (Å²) < 4.78 is 0. The molecule has 0 aliphatic heterocycles. The monoisotopic (exact) mass is 380 g/mol. The standard InChI is InChI=1S/C23H44.2C2H6/c1-7-22-16-15-19(4)12-10-14-23(18(2)3)21(6)13-9-8-11-20(5)17-22;2*1-2/h7,18-21,23H,8-17H2,1-6H3;2*1-2H3/b22-7+;;. The molecule has 0 radical (unpaired) electrons. The van der Waals surface area contributed by atoms with Crippen molar-refractivity contribution < 1.29 is 0 Å². The number of allylic oxidation sites excluding steroid dienone is 2. The molecule has 0 spiro atoms. The molecule has 0 nitrogen and oxygen atoms in total. The fourth-order valence-electron chi connectivity index (χ4n) is 4.64. The Morgan fingerprint density at radius 3 is 1.85 bits per heavy atom. The highest BCUT2D eigenvalue weighted by molar-refractivity contribution is 5.01. The van der Waals surface area contributed by atoms with E-state index in [2.05, 4.69) is 47.6 Å². The second-order valence-corrected chi connectivity index (χ2v) is 9.00. The van der Waals surface area contributed by atoms with Crippen molar-refractivity contribution in [2.24, 2.45) is 29.6 Å². The van der Waals surface area contributed by atoms with Gasteiger partial charge in [-0.2, -0.15) is 0 Å². The minimum atomic E-state index is 0.851. The molecule has 0 aromatic heterocycles. The molecule has 0 heteroatoms. The Balaban J connectivity index is 0. The maximum Gasteiger partial charge on any atom is -0.0295 e. The summed E-state index contributed by atoms with van der Waals surface area (Å²) >= 11 is 0. The molecule has 0 aromatic rings. The molecule has 164 valence electrons. The molecule has 4 atom stereocenters. The highest BCUT2D eigenvalue weighted by atomic mass is 14.3. The first-order chi connectivity index (χ1) is 12.9. The van der Waals surface area contributed by atoms with Gasteiger partial charge in [0.05, 0.1) is 0 Å². The number of hydrogen-bond donors (Lipinski definition) is 0. The fraction of sp³-hybridized carbons (Fsp3) is 0.926. The maximum atomic E-state index is 2.52. The fourth-order valence-corrected chi connectivity index (χ4v) is 4.64. The zero-order chi connectivity index (χ0) is 21.2. The van der Waals surface area contributed by atoms with Gasteiger partial charge in [-0.1, -0.05) is 112 Å². The van der Waals surface area contributed by atoms with Crippen LogP contribution in [0, 0.1) is 29.6 Å². The van der Waals surface area contributed by atoms with Crippen LogP contribution in [-0.4, -0.2) is 0 Å². The normalized spacial score (nSPS) is 30.3. The molecule has 0 amide bonds. The highest BCUT2D eigenvalue weighted by Gasteiger charge is 2.21. The number of rotatable bonds is 1. The van der Waals surface area contributed by atoms with Gasteiger partial charge in [-0.25, -0.2) is 0 Å². The predicted molar refractivity (Wildman–Crippen MR) is 128 cm³/mol. The lowest BCUT2D eigenvalue weighted by molar-refractivity contribution is 0.226. The van der Waals surface area contributed by atoms with Crippen molar-refractivity contribution in [3.63, 3.8) is 0 Å². The van der Waals surface area contributed by atoms with E-state index in [1.54, 1.807) is 5.57 Å². The lowest BCUT2D eigenvalue weighted by Gasteiger charge is -2.28. The first kappa shape index (κ1) is 28.9. The van der Waals surface area contributed by atoms with Gasteiger partial charge < -0.3 is 0 Å². The summed E-state index contributed by atoms with van der Waals surface area (Å²) in [6.45, 7) is 22.6. The van der Waals surface area contributed by atoms with E-state index in [4.69, 9.17) is 0 Å². The van der Waals surface area contributed by atoms with Crippen LogP contribution in [0.5, 0.6) is 0 Å². The Kier molecular flexibility index (Phi) is 20.4. The van der Waals surface area contributed by atoms with Crippen LogP contribution in [-0.2, 0) is 0 Å². The molecule has 1 aliphatic rings. The molecule has 0 N–H and O–H groups in total. The van der Waals surface area contributed by atoms with Gasteiger partial charge in [-0.15, -0.1) is 0 Å². The van der Waals surface area contributed by atoms with E-state index in [-0.39, 0.29) is 0 Å². The first-order valence-electron chi connectivity index (χ1n) is 12.6. The molecule has 1 saturated carbocycles. The van der Waals surface area contributed by atoms with Crippen molar-refractivity contribution in [3.05, 3.63) is 11.6 Å². The molecule has 1 rings (SSSR count). The maximum absolute atomic E-state index is 2.52. The van der Waals surface area contributed by atoms with Gasteiger partial charge in [0.2, 0.25) is 0 Å². The molecule has 0 heterocycles. The second-order valence-electron chi connectivity index (χ2n) is 9.00. The molecule has 1 aliphatic carbocycles. The predicted octanol–water partition coefficient (Wildman–Crippen LogP) is 10.1. The molecular formula is C27H56. The van der Waals surface area contributed by atoms with Crippen LogP contribution in [0.3, 0.4) is 0 Å². The van der Waals surface area contributed by atoms with Crippen molar-refractivity contribution in [2.45, 2.75) is 133 Å². The Bertz CT molecular complexity index is 325. The van der Waals surface area contributed by atoms with Crippen molar-refractivity contribution in [1.29, 1.82) is 0 Å². The van der Waals surface area contributed by atoms with Crippen LogP contribution in [0.25, 0.3) is 0 Å². The van der Waals surface area contributed by atoms with Crippen molar-refractivity contribution >= 4 is 0 Å². The molecule has 0 aromatic carbocycles. The zero-order valence-electron chi connectivity index (χ0n) is 21.0. The Morgan fingerprint density at radius 2 is 1.30 bits per heavy atom. The van der Waals surface area contributed by atoms with Crippen LogP contribution in [0.4, 0.5) is 0 Å². The molecule has 0 saturated heterocycles. The van der Waals surface area contributed by atoms with Crippen LogP contribution >= 0.6 is 0 Å². The summed E-state index contributed by atoms with van der Waals surface area (Å²) in [5.41, 5.74) is 1.72. The summed E-state index contributed by atoms with van der Waals surface area (Å²) in [7, 11) is 0. The zero-order valence-corrected chi connectivity index (χ0v) is 21.0.